The number of benzene rings is 1. The van der Waals surface area contributed by atoms with Crippen molar-refractivity contribution in [3.8, 4) is 0 Å². The number of carbonyl (C=O) groups is 1. The second-order valence-electron chi connectivity index (χ2n) is 3.90. The molecule has 1 heterocycles. The van der Waals surface area contributed by atoms with Crippen molar-refractivity contribution in [2.75, 3.05) is 6.61 Å². The van der Waals surface area contributed by atoms with E-state index in [0.29, 0.717) is 11.1 Å². The van der Waals surface area contributed by atoms with E-state index >= 15 is 0 Å². The summed E-state index contributed by atoms with van der Waals surface area (Å²) in [6, 6.07) is 3.45. The van der Waals surface area contributed by atoms with Crippen molar-refractivity contribution in [1.82, 2.24) is 0 Å². The minimum absolute atomic E-state index is 0.170. The molecule has 0 bridgehead atoms. The average Bonchev–Trinajstić information content (AvgIpc) is 2.71. The Morgan fingerprint density at radius 1 is 1.26 bits per heavy atom. The molecule has 0 saturated carbocycles. The fourth-order valence-electron chi connectivity index (χ4n) is 1.55. The van der Waals surface area contributed by atoms with Crippen LogP contribution >= 0.6 is 11.6 Å². The van der Waals surface area contributed by atoms with E-state index in [4.69, 9.17) is 11.6 Å². The first kappa shape index (κ1) is 13.7. The first-order chi connectivity index (χ1) is 8.86. The van der Waals surface area contributed by atoms with Crippen LogP contribution in [0.3, 0.4) is 0 Å². The molecule has 0 saturated heterocycles. The lowest BCUT2D eigenvalue weighted by molar-refractivity contribution is -0.137. The van der Waals surface area contributed by atoms with Gasteiger partial charge < -0.3 is 4.74 Å². The topological polar surface area (TPSA) is 26.3 Å². The van der Waals surface area contributed by atoms with Crippen molar-refractivity contribution in [2.45, 2.75) is 6.18 Å². The molecule has 0 aromatic heterocycles. The largest absolute Gasteiger partial charge is 0.458 e. The molecular formula is C13H8ClF3O2. The van der Waals surface area contributed by atoms with Crippen molar-refractivity contribution in [1.29, 1.82) is 0 Å². The van der Waals surface area contributed by atoms with Gasteiger partial charge in [0, 0.05) is 6.08 Å². The Bertz CT molecular complexity index is 574. The van der Waals surface area contributed by atoms with E-state index in [1.54, 1.807) is 12.2 Å². The van der Waals surface area contributed by atoms with Crippen LogP contribution in [0.25, 0.3) is 6.08 Å². The third-order valence-corrected chi connectivity index (χ3v) is 2.79. The molecule has 1 aliphatic heterocycles. The van der Waals surface area contributed by atoms with Crippen LogP contribution in [0.4, 0.5) is 13.2 Å². The zero-order chi connectivity index (χ0) is 14.0. The number of cyclic esters (lactones) is 1. The molecule has 0 fully saturated rings. The lowest BCUT2D eigenvalue weighted by Crippen LogP contribution is -2.05. The molecular weight excluding hydrogens is 281 g/mol. The SMILES string of the molecule is O=C1C=C(C=Cc2ccc(C(F)(F)F)c(Cl)c2)CO1. The Labute approximate surface area is 112 Å². The molecule has 1 aromatic carbocycles. The molecule has 0 radical (unpaired) electrons. The molecule has 0 atom stereocenters. The second-order valence-corrected chi connectivity index (χ2v) is 4.30. The molecule has 0 unspecified atom stereocenters. The van der Waals surface area contributed by atoms with Gasteiger partial charge in [-0.05, 0) is 23.3 Å². The van der Waals surface area contributed by atoms with Gasteiger partial charge in [0.25, 0.3) is 0 Å². The minimum atomic E-state index is -4.46. The Balaban J connectivity index is 2.19. The van der Waals surface area contributed by atoms with Crippen molar-refractivity contribution >= 4 is 23.6 Å². The van der Waals surface area contributed by atoms with Crippen LogP contribution in [0.5, 0.6) is 0 Å². The summed E-state index contributed by atoms with van der Waals surface area (Å²) in [5, 5.41) is -0.359. The normalized spacial score (nSPS) is 15.8. The number of halogens is 4. The molecule has 100 valence electrons. The Kier molecular flexibility index (Phi) is 3.66. The number of rotatable bonds is 2. The maximum absolute atomic E-state index is 12.5. The van der Waals surface area contributed by atoms with E-state index in [1.807, 2.05) is 0 Å². The van der Waals surface area contributed by atoms with Crippen LogP contribution in [0.1, 0.15) is 11.1 Å². The van der Waals surface area contributed by atoms with Gasteiger partial charge in [-0.2, -0.15) is 13.2 Å². The predicted molar refractivity (Wildman–Crippen MR) is 64.5 cm³/mol. The van der Waals surface area contributed by atoms with Gasteiger partial charge in [-0.25, -0.2) is 4.79 Å². The standard InChI is InChI=1S/C13H8ClF3O2/c14-11-5-8(3-4-10(11)13(15,16)17)1-2-9-6-12(18)19-7-9/h1-6H,7H2. The van der Waals surface area contributed by atoms with Crippen molar-refractivity contribution in [3.05, 3.63) is 52.1 Å². The summed E-state index contributed by atoms with van der Waals surface area (Å²) >= 11 is 5.59. The van der Waals surface area contributed by atoms with Crippen molar-refractivity contribution < 1.29 is 22.7 Å². The number of hydrogen-bond donors (Lipinski definition) is 0. The molecule has 0 spiro atoms. The van der Waals surface area contributed by atoms with Crippen LogP contribution in [-0.4, -0.2) is 12.6 Å². The van der Waals surface area contributed by atoms with Crippen LogP contribution < -0.4 is 0 Å². The van der Waals surface area contributed by atoms with E-state index < -0.39 is 17.7 Å². The maximum Gasteiger partial charge on any atom is 0.417 e. The smallest absolute Gasteiger partial charge is 0.417 e. The molecule has 6 heteroatoms. The quantitative estimate of drug-likeness (QED) is 0.773. The molecule has 1 aromatic rings. The number of carbonyl (C=O) groups excluding carboxylic acids is 1. The van der Waals surface area contributed by atoms with Crippen LogP contribution in [0.15, 0.2) is 35.9 Å². The minimum Gasteiger partial charge on any atom is -0.458 e. The van der Waals surface area contributed by atoms with Gasteiger partial charge in [-0.3, -0.25) is 0 Å². The summed E-state index contributed by atoms with van der Waals surface area (Å²) in [5.41, 5.74) is 0.296. The van der Waals surface area contributed by atoms with Crippen molar-refractivity contribution in [2.24, 2.45) is 0 Å². The van der Waals surface area contributed by atoms with E-state index in [1.165, 1.54) is 18.2 Å². The van der Waals surface area contributed by atoms with E-state index in [0.717, 1.165) is 6.07 Å². The molecule has 0 amide bonds. The van der Waals surface area contributed by atoms with Gasteiger partial charge in [0.15, 0.2) is 0 Å². The predicted octanol–water partition coefficient (Wildman–Crippen LogP) is 3.86. The van der Waals surface area contributed by atoms with E-state index in [9.17, 15) is 18.0 Å². The van der Waals surface area contributed by atoms with Gasteiger partial charge in [0.05, 0.1) is 10.6 Å². The number of ether oxygens (including phenoxy) is 1. The molecule has 19 heavy (non-hydrogen) atoms. The lowest BCUT2D eigenvalue weighted by Gasteiger charge is -2.08. The Hall–Kier alpha value is -1.75. The number of hydrogen-bond acceptors (Lipinski definition) is 2. The van der Waals surface area contributed by atoms with E-state index in [-0.39, 0.29) is 11.6 Å². The van der Waals surface area contributed by atoms with Crippen molar-refractivity contribution in [3.63, 3.8) is 0 Å². The van der Waals surface area contributed by atoms with Crippen LogP contribution in [-0.2, 0) is 15.7 Å². The molecule has 2 nitrogen and oxygen atoms in total. The first-order valence-corrected chi connectivity index (χ1v) is 5.66. The maximum atomic E-state index is 12.5. The summed E-state index contributed by atoms with van der Waals surface area (Å²) in [6.45, 7) is 0.170. The monoisotopic (exact) mass is 288 g/mol. The average molecular weight is 289 g/mol. The second kappa shape index (κ2) is 5.09. The number of alkyl halides is 3. The highest BCUT2D eigenvalue weighted by molar-refractivity contribution is 6.31. The van der Waals surface area contributed by atoms with Crippen LogP contribution in [0.2, 0.25) is 5.02 Å². The third kappa shape index (κ3) is 3.38. The molecule has 0 N–H and O–H groups in total. The Morgan fingerprint density at radius 3 is 2.53 bits per heavy atom. The van der Waals surface area contributed by atoms with Gasteiger partial charge in [0.2, 0.25) is 0 Å². The van der Waals surface area contributed by atoms with Crippen LogP contribution in [0, 0.1) is 0 Å². The third-order valence-electron chi connectivity index (χ3n) is 2.47. The fourth-order valence-corrected chi connectivity index (χ4v) is 1.85. The zero-order valence-corrected chi connectivity index (χ0v) is 10.3. The number of esters is 1. The fraction of sp³-hybridized carbons (Fsp3) is 0.154. The van der Waals surface area contributed by atoms with Gasteiger partial charge >= 0.3 is 12.1 Å². The van der Waals surface area contributed by atoms with Gasteiger partial charge in [-0.1, -0.05) is 29.8 Å². The molecule has 2 rings (SSSR count). The first-order valence-electron chi connectivity index (χ1n) is 5.28. The highest BCUT2D eigenvalue weighted by Gasteiger charge is 2.32. The lowest BCUT2D eigenvalue weighted by atomic mass is 10.1. The van der Waals surface area contributed by atoms with Gasteiger partial charge in [0.1, 0.15) is 6.61 Å². The molecule has 1 aliphatic rings. The zero-order valence-electron chi connectivity index (χ0n) is 9.50. The summed E-state index contributed by atoms with van der Waals surface area (Å²) in [7, 11) is 0. The highest BCUT2D eigenvalue weighted by atomic mass is 35.5. The molecule has 0 aliphatic carbocycles. The summed E-state index contributed by atoms with van der Waals surface area (Å²) in [5.74, 6) is -0.426. The highest BCUT2D eigenvalue weighted by Crippen LogP contribution is 2.35. The van der Waals surface area contributed by atoms with E-state index in [2.05, 4.69) is 4.74 Å². The summed E-state index contributed by atoms with van der Waals surface area (Å²) < 4.78 is 42.2. The summed E-state index contributed by atoms with van der Waals surface area (Å²) in [6.07, 6.45) is 0.0272. The van der Waals surface area contributed by atoms with Gasteiger partial charge in [-0.15, -0.1) is 0 Å². The Morgan fingerprint density at radius 2 is 2.00 bits per heavy atom. The summed E-state index contributed by atoms with van der Waals surface area (Å²) in [4.78, 5) is 10.8.